The molecule has 140 valence electrons. The minimum absolute atomic E-state index is 0. The van der Waals surface area contributed by atoms with Crippen molar-refractivity contribution in [3.8, 4) is 5.75 Å². The highest BCUT2D eigenvalue weighted by Crippen LogP contribution is 2.26. The second-order valence-electron chi connectivity index (χ2n) is 5.74. The van der Waals surface area contributed by atoms with Gasteiger partial charge in [-0.25, -0.2) is 0 Å². The quantitative estimate of drug-likeness (QED) is 0.803. The topological polar surface area (TPSA) is 50.4 Å². The molecule has 0 aromatic heterocycles. The van der Waals surface area contributed by atoms with Gasteiger partial charge in [-0.05, 0) is 54.8 Å². The van der Waals surface area contributed by atoms with Crippen molar-refractivity contribution in [2.24, 2.45) is 0 Å². The summed E-state index contributed by atoms with van der Waals surface area (Å²) in [6.45, 7) is -0.459. The molecular formula is C18H18ClF3N2O2. The third-order valence-electron chi connectivity index (χ3n) is 3.85. The van der Waals surface area contributed by atoms with Gasteiger partial charge in [0, 0.05) is 23.5 Å². The predicted molar refractivity (Wildman–Crippen MR) is 96.4 cm³/mol. The summed E-state index contributed by atoms with van der Waals surface area (Å²) >= 11 is 0. The van der Waals surface area contributed by atoms with Crippen molar-refractivity contribution >= 4 is 29.7 Å². The summed E-state index contributed by atoms with van der Waals surface area (Å²) in [6.07, 6.45) is -2.59. The number of fused-ring (bicyclic) bond motifs is 1. The van der Waals surface area contributed by atoms with E-state index < -0.39 is 12.8 Å². The molecule has 26 heavy (non-hydrogen) atoms. The van der Waals surface area contributed by atoms with E-state index in [2.05, 4.69) is 15.4 Å². The second-order valence-corrected chi connectivity index (χ2v) is 5.74. The van der Waals surface area contributed by atoms with Crippen LogP contribution in [-0.2, 0) is 6.42 Å². The molecule has 1 aliphatic heterocycles. The zero-order chi connectivity index (χ0) is 17.9. The Labute approximate surface area is 155 Å². The number of carbonyl (C=O) groups is 1. The lowest BCUT2D eigenvalue weighted by atomic mass is 9.97. The monoisotopic (exact) mass is 386 g/mol. The number of halogens is 4. The maximum absolute atomic E-state index is 12.5. The van der Waals surface area contributed by atoms with Crippen LogP contribution < -0.4 is 15.4 Å². The molecule has 0 atom stereocenters. The maximum Gasteiger partial charge on any atom is 0.422 e. The van der Waals surface area contributed by atoms with E-state index in [0.717, 1.165) is 30.6 Å². The van der Waals surface area contributed by atoms with E-state index in [4.69, 9.17) is 0 Å². The van der Waals surface area contributed by atoms with E-state index in [9.17, 15) is 18.0 Å². The van der Waals surface area contributed by atoms with Crippen molar-refractivity contribution in [2.75, 3.05) is 23.8 Å². The van der Waals surface area contributed by atoms with Crippen molar-refractivity contribution in [1.29, 1.82) is 0 Å². The lowest BCUT2D eigenvalue weighted by molar-refractivity contribution is -0.153. The van der Waals surface area contributed by atoms with Gasteiger partial charge in [0.2, 0.25) is 0 Å². The van der Waals surface area contributed by atoms with E-state index >= 15 is 0 Å². The number of ether oxygens (including phenoxy) is 1. The summed E-state index contributed by atoms with van der Waals surface area (Å²) in [7, 11) is 0. The summed E-state index contributed by atoms with van der Waals surface area (Å²) in [5, 5.41) is 6.03. The van der Waals surface area contributed by atoms with Crippen molar-refractivity contribution in [2.45, 2.75) is 19.0 Å². The molecule has 0 aliphatic carbocycles. The molecule has 4 nitrogen and oxygen atoms in total. The Kier molecular flexibility index (Phi) is 6.37. The maximum atomic E-state index is 12.5. The Balaban J connectivity index is 0.00000243. The number of amides is 1. The Morgan fingerprint density at radius 1 is 1.15 bits per heavy atom. The number of rotatable bonds is 4. The smallest absolute Gasteiger partial charge is 0.422 e. The third-order valence-corrected chi connectivity index (χ3v) is 3.85. The van der Waals surface area contributed by atoms with Crippen LogP contribution in [0, 0.1) is 0 Å². The Morgan fingerprint density at radius 2 is 1.88 bits per heavy atom. The molecule has 3 rings (SSSR count). The minimum atomic E-state index is -4.38. The van der Waals surface area contributed by atoms with Gasteiger partial charge in [-0.1, -0.05) is 6.07 Å². The molecule has 2 aromatic rings. The lowest BCUT2D eigenvalue weighted by Gasteiger charge is -2.20. The van der Waals surface area contributed by atoms with Crippen LogP contribution in [-0.4, -0.2) is 25.2 Å². The van der Waals surface area contributed by atoms with Crippen LogP contribution in [0.15, 0.2) is 42.5 Å². The van der Waals surface area contributed by atoms with E-state index in [-0.39, 0.29) is 24.1 Å². The SMILES string of the molecule is Cl.O=C(Nc1ccc(OCC(F)(F)F)cc1)c1cccc2c1CCCN2. The van der Waals surface area contributed by atoms with Gasteiger partial charge in [-0.3, -0.25) is 4.79 Å². The first kappa shape index (κ1) is 19.9. The molecule has 2 aromatic carbocycles. The highest BCUT2D eigenvalue weighted by atomic mass is 35.5. The number of alkyl halides is 3. The molecule has 1 heterocycles. The van der Waals surface area contributed by atoms with Gasteiger partial charge in [0.15, 0.2) is 6.61 Å². The number of benzene rings is 2. The Bertz CT molecular complexity index is 764. The van der Waals surface area contributed by atoms with Crippen LogP contribution >= 0.6 is 12.4 Å². The normalized spacial score (nSPS) is 13.0. The first-order valence-electron chi connectivity index (χ1n) is 7.89. The predicted octanol–water partition coefficient (Wildman–Crippen LogP) is 4.66. The summed E-state index contributed by atoms with van der Waals surface area (Å²) < 4.78 is 41.0. The molecule has 0 fully saturated rings. The molecule has 0 saturated carbocycles. The molecule has 1 aliphatic rings. The van der Waals surface area contributed by atoms with Crippen LogP contribution in [0.4, 0.5) is 24.5 Å². The summed E-state index contributed by atoms with van der Waals surface area (Å²) in [4.78, 5) is 12.5. The molecular weight excluding hydrogens is 369 g/mol. The average molecular weight is 387 g/mol. The summed E-state index contributed by atoms with van der Waals surface area (Å²) in [6, 6.07) is 11.3. The highest BCUT2D eigenvalue weighted by molar-refractivity contribution is 6.06. The minimum Gasteiger partial charge on any atom is -0.484 e. The van der Waals surface area contributed by atoms with Crippen molar-refractivity contribution < 1.29 is 22.7 Å². The lowest BCUT2D eigenvalue weighted by Crippen LogP contribution is -2.19. The van der Waals surface area contributed by atoms with Crippen LogP contribution in [0.2, 0.25) is 0 Å². The number of nitrogens with one attached hydrogen (secondary N) is 2. The Morgan fingerprint density at radius 3 is 2.58 bits per heavy atom. The van der Waals surface area contributed by atoms with E-state index in [1.807, 2.05) is 12.1 Å². The fourth-order valence-electron chi connectivity index (χ4n) is 2.72. The van der Waals surface area contributed by atoms with Gasteiger partial charge in [0.05, 0.1) is 0 Å². The Hall–Kier alpha value is -2.41. The van der Waals surface area contributed by atoms with Crippen LogP contribution in [0.5, 0.6) is 5.75 Å². The van der Waals surface area contributed by atoms with Gasteiger partial charge < -0.3 is 15.4 Å². The zero-order valence-electron chi connectivity index (χ0n) is 13.7. The van der Waals surface area contributed by atoms with Gasteiger partial charge in [-0.2, -0.15) is 13.2 Å². The van der Waals surface area contributed by atoms with E-state index in [1.165, 1.54) is 24.3 Å². The number of hydrogen-bond acceptors (Lipinski definition) is 3. The summed E-state index contributed by atoms with van der Waals surface area (Å²) in [5.74, 6) is -0.152. The third kappa shape index (κ3) is 5.05. The average Bonchev–Trinajstić information content (AvgIpc) is 2.60. The largest absolute Gasteiger partial charge is 0.484 e. The molecule has 0 unspecified atom stereocenters. The molecule has 0 saturated heterocycles. The van der Waals surface area contributed by atoms with Crippen LogP contribution in [0.1, 0.15) is 22.3 Å². The fourth-order valence-corrected chi connectivity index (χ4v) is 2.72. The van der Waals surface area contributed by atoms with E-state index in [1.54, 1.807) is 6.07 Å². The molecule has 0 bridgehead atoms. The van der Waals surface area contributed by atoms with Gasteiger partial charge >= 0.3 is 6.18 Å². The molecule has 1 amide bonds. The van der Waals surface area contributed by atoms with Crippen LogP contribution in [0.25, 0.3) is 0 Å². The van der Waals surface area contributed by atoms with Crippen molar-refractivity contribution in [3.63, 3.8) is 0 Å². The molecule has 0 spiro atoms. The fraction of sp³-hybridized carbons (Fsp3) is 0.278. The second kappa shape index (κ2) is 8.31. The molecule has 2 N–H and O–H groups in total. The summed E-state index contributed by atoms with van der Waals surface area (Å²) in [5.41, 5.74) is 3.04. The van der Waals surface area contributed by atoms with Crippen molar-refractivity contribution in [3.05, 3.63) is 53.6 Å². The standard InChI is InChI=1S/C18H17F3N2O2.ClH/c19-18(20,21)11-25-13-8-6-12(7-9-13)23-17(24)15-3-1-5-16-14(15)4-2-10-22-16;/h1,3,5-9,22H,2,4,10-11H2,(H,23,24);1H. The zero-order valence-corrected chi connectivity index (χ0v) is 14.5. The highest BCUT2D eigenvalue weighted by Gasteiger charge is 2.28. The number of anilines is 2. The van der Waals surface area contributed by atoms with E-state index in [0.29, 0.717) is 11.3 Å². The van der Waals surface area contributed by atoms with Gasteiger partial charge in [0.25, 0.3) is 5.91 Å². The number of carbonyl (C=O) groups excluding carboxylic acids is 1. The molecule has 8 heteroatoms. The molecule has 0 radical (unpaired) electrons. The first-order chi connectivity index (χ1) is 11.9. The van der Waals surface area contributed by atoms with Crippen LogP contribution in [0.3, 0.4) is 0 Å². The number of hydrogen-bond donors (Lipinski definition) is 2. The van der Waals surface area contributed by atoms with Gasteiger partial charge in [-0.15, -0.1) is 12.4 Å². The first-order valence-corrected chi connectivity index (χ1v) is 7.89. The van der Waals surface area contributed by atoms with Crippen molar-refractivity contribution in [1.82, 2.24) is 0 Å². The van der Waals surface area contributed by atoms with Gasteiger partial charge in [0.1, 0.15) is 5.75 Å².